The van der Waals surface area contributed by atoms with Crippen LogP contribution in [0, 0.1) is 0 Å². The van der Waals surface area contributed by atoms with Gasteiger partial charge < -0.3 is 0 Å². The number of aromatic nitrogens is 1. The van der Waals surface area contributed by atoms with Crippen molar-refractivity contribution >= 4 is 23.7 Å². The van der Waals surface area contributed by atoms with Crippen LogP contribution in [0.3, 0.4) is 0 Å². The highest BCUT2D eigenvalue weighted by molar-refractivity contribution is 6.21. The maximum absolute atomic E-state index is 12.5. The van der Waals surface area contributed by atoms with Crippen LogP contribution in [0.15, 0.2) is 84.2 Å². The van der Waals surface area contributed by atoms with Crippen LogP contribution in [0.2, 0.25) is 0 Å². The summed E-state index contributed by atoms with van der Waals surface area (Å²) < 4.78 is 0. The maximum atomic E-state index is 12.5. The van der Waals surface area contributed by atoms with E-state index < -0.39 is 0 Å². The van der Waals surface area contributed by atoms with Gasteiger partial charge in [0, 0.05) is 25.5 Å². The van der Waals surface area contributed by atoms with Crippen molar-refractivity contribution in [2.45, 2.75) is 19.3 Å². The summed E-state index contributed by atoms with van der Waals surface area (Å²) in [6.07, 6.45) is 7.86. The molecule has 6 nitrogen and oxygen atoms in total. The standard InChI is InChI=1S/C25H24N4O2/c30-24-22-11-5-6-12-23(22)25(31)28(24)17-7-2-8-18-29(21-9-3-1-4-10-21)27-19-20-13-15-26-16-14-20/h1,3-6,9-16,19H,2,7-8,17-18H2. The smallest absolute Gasteiger partial charge is 0.261 e. The van der Waals surface area contributed by atoms with Crippen LogP contribution in [0.25, 0.3) is 0 Å². The zero-order chi connectivity index (χ0) is 21.5. The molecule has 0 radical (unpaired) electrons. The molecule has 6 heteroatoms. The lowest BCUT2D eigenvalue weighted by Crippen LogP contribution is -2.30. The number of unbranched alkanes of at least 4 members (excludes halogenated alkanes) is 2. The largest absolute Gasteiger partial charge is 0.274 e. The van der Waals surface area contributed by atoms with E-state index in [2.05, 4.69) is 10.1 Å². The number of carbonyl (C=O) groups is 2. The van der Waals surface area contributed by atoms with Gasteiger partial charge in [0.2, 0.25) is 0 Å². The number of carbonyl (C=O) groups excluding carboxylic acids is 2. The molecular formula is C25H24N4O2. The summed E-state index contributed by atoms with van der Waals surface area (Å²) in [6, 6.07) is 20.9. The summed E-state index contributed by atoms with van der Waals surface area (Å²) in [5.74, 6) is -0.373. The van der Waals surface area contributed by atoms with Crippen molar-refractivity contribution in [3.8, 4) is 0 Å². The second kappa shape index (κ2) is 9.80. The van der Waals surface area contributed by atoms with Gasteiger partial charge in [-0.2, -0.15) is 5.10 Å². The van der Waals surface area contributed by atoms with Crippen LogP contribution in [-0.2, 0) is 0 Å². The molecule has 31 heavy (non-hydrogen) atoms. The first-order valence-electron chi connectivity index (χ1n) is 10.5. The molecule has 2 heterocycles. The maximum Gasteiger partial charge on any atom is 0.261 e. The molecule has 2 amide bonds. The molecule has 0 aliphatic carbocycles. The molecule has 0 atom stereocenters. The number of imide groups is 1. The third-order valence-electron chi connectivity index (χ3n) is 5.24. The van der Waals surface area contributed by atoms with Crippen molar-refractivity contribution in [1.82, 2.24) is 9.88 Å². The third-order valence-corrected chi connectivity index (χ3v) is 5.24. The molecule has 0 bridgehead atoms. The summed E-state index contributed by atoms with van der Waals surface area (Å²) in [5.41, 5.74) is 3.02. The van der Waals surface area contributed by atoms with E-state index in [-0.39, 0.29) is 11.8 Å². The first-order valence-corrected chi connectivity index (χ1v) is 10.5. The van der Waals surface area contributed by atoms with Gasteiger partial charge in [-0.05, 0) is 61.2 Å². The molecule has 0 N–H and O–H groups in total. The number of hydrazone groups is 1. The Morgan fingerprint density at radius 3 is 2.13 bits per heavy atom. The predicted octanol–water partition coefficient (Wildman–Crippen LogP) is 4.39. The van der Waals surface area contributed by atoms with E-state index in [9.17, 15) is 9.59 Å². The van der Waals surface area contributed by atoms with Crippen LogP contribution >= 0.6 is 0 Å². The second-order valence-electron chi connectivity index (χ2n) is 7.35. The quantitative estimate of drug-likeness (QED) is 0.226. The third kappa shape index (κ3) is 4.86. The Hall–Kier alpha value is -3.80. The number of hydrogen-bond donors (Lipinski definition) is 0. The van der Waals surface area contributed by atoms with Crippen LogP contribution < -0.4 is 5.01 Å². The topological polar surface area (TPSA) is 65.9 Å². The molecule has 0 saturated heterocycles. The average molecular weight is 412 g/mol. The van der Waals surface area contributed by atoms with Crippen LogP contribution in [0.4, 0.5) is 5.69 Å². The highest BCUT2D eigenvalue weighted by Crippen LogP contribution is 2.23. The normalized spacial score (nSPS) is 13.1. The fourth-order valence-electron chi connectivity index (χ4n) is 3.59. The molecule has 0 unspecified atom stereocenters. The fraction of sp³-hybridized carbons (Fsp3) is 0.200. The first kappa shape index (κ1) is 20.5. The number of amides is 2. The Bertz CT molecular complexity index is 1030. The number of rotatable bonds is 9. The van der Waals surface area contributed by atoms with Crippen LogP contribution in [-0.4, -0.2) is 41.0 Å². The van der Waals surface area contributed by atoms with Gasteiger partial charge in [0.1, 0.15) is 0 Å². The van der Waals surface area contributed by atoms with Gasteiger partial charge in [0.15, 0.2) is 0 Å². The minimum absolute atomic E-state index is 0.187. The SMILES string of the molecule is O=C1c2ccccc2C(=O)N1CCCCCN(N=Cc1ccncc1)c1ccccc1. The zero-order valence-corrected chi connectivity index (χ0v) is 17.2. The molecule has 1 aromatic heterocycles. The van der Waals surface area contributed by atoms with E-state index >= 15 is 0 Å². The van der Waals surface area contributed by atoms with Crippen molar-refractivity contribution < 1.29 is 9.59 Å². The Balaban J connectivity index is 1.31. The Kier molecular flexibility index (Phi) is 6.47. The summed E-state index contributed by atoms with van der Waals surface area (Å²) in [6.45, 7) is 1.19. The zero-order valence-electron chi connectivity index (χ0n) is 17.2. The lowest BCUT2D eigenvalue weighted by Gasteiger charge is -2.19. The summed E-state index contributed by atoms with van der Waals surface area (Å²) >= 11 is 0. The Labute approximate surface area is 181 Å². The summed E-state index contributed by atoms with van der Waals surface area (Å²) in [7, 11) is 0. The average Bonchev–Trinajstić information content (AvgIpc) is 3.07. The molecular weight excluding hydrogens is 388 g/mol. The Morgan fingerprint density at radius 1 is 0.806 bits per heavy atom. The molecule has 1 aliphatic rings. The summed E-state index contributed by atoms with van der Waals surface area (Å²) in [5, 5.41) is 6.63. The molecule has 0 spiro atoms. The molecule has 0 fully saturated rings. The van der Waals surface area contributed by atoms with Crippen molar-refractivity contribution in [2.24, 2.45) is 5.10 Å². The highest BCUT2D eigenvalue weighted by Gasteiger charge is 2.34. The number of para-hydroxylation sites is 1. The van der Waals surface area contributed by atoms with E-state index in [1.54, 1.807) is 36.7 Å². The predicted molar refractivity (Wildman–Crippen MR) is 121 cm³/mol. The minimum atomic E-state index is -0.187. The molecule has 3 aromatic rings. The molecule has 2 aromatic carbocycles. The molecule has 1 aliphatic heterocycles. The van der Waals surface area contributed by atoms with Gasteiger partial charge >= 0.3 is 0 Å². The number of nitrogens with zero attached hydrogens (tertiary/aromatic N) is 4. The molecule has 0 saturated carbocycles. The van der Waals surface area contributed by atoms with Crippen molar-refractivity contribution in [3.05, 3.63) is 95.8 Å². The van der Waals surface area contributed by atoms with Crippen molar-refractivity contribution in [1.29, 1.82) is 0 Å². The van der Waals surface area contributed by atoms with Crippen molar-refractivity contribution in [3.63, 3.8) is 0 Å². The van der Waals surface area contributed by atoms with Gasteiger partial charge in [-0.1, -0.05) is 30.3 Å². The number of pyridine rings is 1. The number of hydrogen-bond acceptors (Lipinski definition) is 5. The van der Waals surface area contributed by atoms with E-state index in [0.717, 1.165) is 37.1 Å². The summed E-state index contributed by atoms with van der Waals surface area (Å²) in [4.78, 5) is 30.3. The van der Waals surface area contributed by atoms with Gasteiger partial charge in [-0.25, -0.2) is 0 Å². The lowest BCUT2D eigenvalue weighted by molar-refractivity contribution is 0.0651. The number of fused-ring (bicyclic) bond motifs is 1. The Morgan fingerprint density at radius 2 is 1.45 bits per heavy atom. The highest BCUT2D eigenvalue weighted by atomic mass is 16.2. The van der Waals surface area contributed by atoms with Gasteiger partial charge in [-0.15, -0.1) is 0 Å². The van der Waals surface area contributed by atoms with E-state index in [0.29, 0.717) is 17.7 Å². The van der Waals surface area contributed by atoms with Crippen LogP contribution in [0.5, 0.6) is 0 Å². The van der Waals surface area contributed by atoms with Crippen LogP contribution in [0.1, 0.15) is 45.5 Å². The van der Waals surface area contributed by atoms with E-state index in [4.69, 9.17) is 0 Å². The second-order valence-corrected chi connectivity index (χ2v) is 7.35. The molecule has 156 valence electrons. The van der Waals surface area contributed by atoms with Gasteiger partial charge in [0.25, 0.3) is 11.8 Å². The minimum Gasteiger partial charge on any atom is -0.274 e. The fourth-order valence-corrected chi connectivity index (χ4v) is 3.59. The number of anilines is 1. The lowest BCUT2D eigenvalue weighted by atomic mass is 10.1. The van der Waals surface area contributed by atoms with Gasteiger partial charge in [-0.3, -0.25) is 24.5 Å². The van der Waals surface area contributed by atoms with Gasteiger partial charge in [0.05, 0.1) is 23.0 Å². The van der Waals surface area contributed by atoms with E-state index in [1.807, 2.05) is 53.7 Å². The van der Waals surface area contributed by atoms with Crippen molar-refractivity contribution in [2.75, 3.05) is 18.1 Å². The molecule has 4 rings (SSSR count). The number of benzene rings is 2. The first-order chi connectivity index (χ1) is 15.2. The monoisotopic (exact) mass is 412 g/mol. The van der Waals surface area contributed by atoms with E-state index in [1.165, 1.54) is 4.90 Å².